The van der Waals surface area contributed by atoms with Crippen LogP contribution >= 0.6 is 0 Å². The van der Waals surface area contributed by atoms with E-state index in [0.717, 1.165) is 18.2 Å². The monoisotopic (exact) mass is 280 g/mol. The second kappa shape index (κ2) is 3.96. The van der Waals surface area contributed by atoms with Gasteiger partial charge in [0.05, 0.1) is 22.3 Å². The molecular formula is C11H11F3O3S. The number of aliphatic hydroxyl groups is 1. The normalized spacial score (nSPS) is 23.7. The number of hydrogen-bond acceptors (Lipinski definition) is 3. The van der Waals surface area contributed by atoms with Crippen LogP contribution in [0.15, 0.2) is 23.1 Å². The van der Waals surface area contributed by atoms with Crippen molar-refractivity contribution in [2.75, 3.05) is 5.75 Å². The smallest absolute Gasteiger partial charge is 0.393 e. The topological polar surface area (TPSA) is 54.4 Å². The fraction of sp³-hybridized carbons (Fsp3) is 0.455. The first kappa shape index (κ1) is 13.4. The van der Waals surface area contributed by atoms with Crippen LogP contribution in [0, 0.1) is 0 Å². The molecule has 3 nitrogen and oxygen atoms in total. The molecule has 0 spiro atoms. The van der Waals surface area contributed by atoms with E-state index in [1.54, 1.807) is 0 Å². The van der Waals surface area contributed by atoms with Gasteiger partial charge in [0.2, 0.25) is 0 Å². The van der Waals surface area contributed by atoms with Gasteiger partial charge in [0.1, 0.15) is 0 Å². The summed E-state index contributed by atoms with van der Waals surface area (Å²) in [7, 11) is -3.74. The van der Waals surface area contributed by atoms with Crippen molar-refractivity contribution in [3.63, 3.8) is 0 Å². The maximum Gasteiger partial charge on any atom is 0.416 e. The van der Waals surface area contributed by atoms with Crippen LogP contribution in [-0.4, -0.2) is 25.4 Å². The number of rotatable bonds is 1. The van der Waals surface area contributed by atoms with E-state index in [9.17, 15) is 26.7 Å². The van der Waals surface area contributed by atoms with E-state index >= 15 is 0 Å². The van der Waals surface area contributed by atoms with E-state index < -0.39 is 39.4 Å². The summed E-state index contributed by atoms with van der Waals surface area (Å²) < 4.78 is 62.1. The number of benzene rings is 1. The van der Waals surface area contributed by atoms with Gasteiger partial charge in [-0.3, -0.25) is 0 Å². The molecule has 1 aliphatic rings. The summed E-state index contributed by atoms with van der Waals surface area (Å²) in [6, 6.07) is 3.07. The number of alkyl halides is 3. The van der Waals surface area contributed by atoms with Crippen molar-refractivity contribution in [3.05, 3.63) is 29.3 Å². The van der Waals surface area contributed by atoms with Gasteiger partial charge in [-0.15, -0.1) is 0 Å². The highest BCUT2D eigenvalue weighted by Crippen LogP contribution is 2.44. The van der Waals surface area contributed by atoms with Crippen LogP contribution < -0.4 is 0 Å². The Labute approximate surface area is 102 Å². The summed E-state index contributed by atoms with van der Waals surface area (Å²) in [5, 5.41) is 9.49. The van der Waals surface area contributed by atoms with Crippen molar-refractivity contribution < 1.29 is 26.7 Å². The van der Waals surface area contributed by atoms with E-state index in [0.29, 0.717) is 0 Å². The fourth-order valence-electron chi connectivity index (χ4n) is 2.23. The Kier molecular flexibility index (Phi) is 2.94. The zero-order valence-electron chi connectivity index (χ0n) is 9.40. The van der Waals surface area contributed by atoms with Gasteiger partial charge < -0.3 is 5.11 Å². The molecule has 2 unspecified atom stereocenters. The van der Waals surface area contributed by atoms with Crippen LogP contribution in [0.3, 0.4) is 0 Å². The molecule has 2 rings (SSSR count). The number of aliphatic hydroxyl groups excluding tert-OH is 1. The zero-order valence-corrected chi connectivity index (χ0v) is 10.2. The highest BCUT2D eigenvalue weighted by atomic mass is 32.2. The Bertz CT molecular complexity index is 576. The third-order valence-electron chi connectivity index (χ3n) is 3.06. The quantitative estimate of drug-likeness (QED) is 0.855. The third kappa shape index (κ3) is 2.01. The zero-order chi connectivity index (χ0) is 13.7. The van der Waals surface area contributed by atoms with Crippen molar-refractivity contribution in [1.82, 2.24) is 0 Å². The standard InChI is InChI=1S/C11H11F3O3S/c1-6(15)7-5-18(16,17)9-4-2-3-8(10(7)9)11(12,13)14/h2-4,6-7,15H,5H2,1H3. The second-order valence-corrected chi connectivity index (χ2v) is 6.35. The molecule has 0 aliphatic carbocycles. The SMILES string of the molecule is CC(O)C1CS(=O)(=O)c2cccc(C(F)(F)F)c21. The molecule has 0 aromatic heterocycles. The predicted molar refractivity (Wildman–Crippen MR) is 57.9 cm³/mol. The highest BCUT2D eigenvalue weighted by molar-refractivity contribution is 7.91. The van der Waals surface area contributed by atoms with Crippen molar-refractivity contribution in [3.8, 4) is 0 Å². The van der Waals surface area contributed by atoms with Crippen LogP contribution in [-0.2, 0) is 16.0 Å². The Balaban J connectivity index is 2.75. The minimum atomic E-state index is -4.63. The van der Waals surface area contributed by atoms with Gasteiger partial charge in [-0.2, -0.15) is 13.2 Å². The van der Waals surface area contributed by atoms with E-state index in [1.807, 2.05) is 0 Å². The van der Waals surface area contributed by atoms with Crippen molar-refractivity contribution in [1.29, 1.82) is 0 Å². The maximum absolute atomic E-state index is 12.9. The Morgan fingerprint density at radius 1 is 1.39 bits per heavy atom. The van der Waals surface area contributed by atoms with Gasteiger partial charge in [-0.25, -0.2) is 8.42 Å². The van der Waals surface area contributed by atoms with Crippen molar-refractivity contribution >= 4 is 9.84 Å². The predicted octanol–water partition coefficient (Wildman–Crippen LogP) is 1.96. The molecule has 0 amide bonds. The minimum Gasteiger partial charge on any atom is -0.393 e. The van der Waals surface area contributed by atoms with Crippen LogP contribution in [0.5, 0.6) is 0 Å². The molecule has 1 N–H and O–H groups in total. The van der Waals surface area contributed by atoms with E-state index in [2.05, 4.69) is 0 Å². The second-order valence-electron chi connectivity index (χ2n) is 4.34. The molecule has 0 bridgehead atoms. The van der Waals surface area contributed by atoms with Gasteiger partial charge in [-0.1, -0.05) is 6.07 Å². The van der Waals surface area contributed by atoms with Crippen molar-refractivity contribution in [2.45, 2.75) is 30.0 Å². The largest absolute Gasteiger partial charge is 0.416 e. The first-order valence-electron chi connectivity index (χ1n) is 5.25. The number of sulfone groups is 1. The Morgan fingerprint density at radius 2 is 2.00 bits per heavy atom. The lowest BCUT2D eigenvalue weighted by Gasteiger charge is -2.18. The lowest BCUT2D eigenvalue weighted by atomic mass is 9.92. The number of hydrogen-bond donors (Lipinski definition) is 1. The summed E-state index contributed by atoms with van der Waals surface area (Å²) >= 11 is 0. The molecule has 1 heterocycles. The number of fused-ring (bicyclic) bond motifs is 1. The molecule has 0 fully saturated rings. The molecule has 1 aromatic rings. The molecule has 7 heteroatoms. The summed E-state index contributed by atoms with van der Waals surface area (Å²) in [5.41, 5.74) is -1.29. The van der Waals surface area contributed by atoms with E-state index in [1.165, 1.54) is 6.92 Å². The third-order valence-corrected chi connectivity index (χ3v) is 4.88. The molecule has 100 valence electrons. The van der Waals surface area contributed by atoms with Gasteiger partial charge in [-0.05, 0) is 24.6 Å². The van der Waals surface area contributed by atoms with E-state index in [4.69, 9.17) is 0 Å². The molecular weight excluding hydrogens is 269 g/mol. The molecule has 2 atom stereocenters. The fourth-order valence-corrected chi connectivity index (χ4v) is 4.21. The summed E-state index contributed by atoms with van der Waals surface area (Å²) in [4.78, 5) is -0.316. The molecule has 1 aliphatic heterocycles. The lowest BCUT2D eigenvalue weighted by Crippen LogP contribution is -2.19. The average molecular weight is 280 g/mol. The van der Waals surface area contributed by atoms with Gasteiger partial charge in [0, 0.05) is 5.92 Å². The van der Waals surface area contributed by atoms with Crippen molar-refractivity contribution in [2.24, 2.45) is 0 Å². The lowest BCUT2D eigenvalue weighted by molar-refractivity contribution is -0.138. The van der Waals surface area contributed by atoms with Crippen LogP contribution in [0.4, 0.5) is 13.2 Å². The van der Waals surface area contributed by atoms with Crippen LogP contribution in [0.1, 0.15) is 24.0 Å². The van der Waals surface area contributed by atoms with Crippen LogP contribution in [0.25, 0.3) is 0 Å². The van der Waals surface area contributed by atoms with Gasteiger partial charge >= 0.3 is 6.18 Å². The first-order chi connectivity index (χ1) is 8.14. The first-order valence-corrected chi connectivity index (χ1v) is 6.91. The van der Waals surface area contributed by atoms with Crippen LogP contribution in [0.2, 0.25) is 0 Å². The van der Waals surface area contributed by atoms with Gasteiger partial charge in [0.15, 0.2) is 9.84 Å². The maximum atomic E-state index is 12.9. The average Bonchev–Trinajstić information content (AvgIpc) is 2.50. The molecule has 0 radical (unpaired) electrons. The van der Waals surface area contributed by atoms with E-state index in [-0.39, 0.29) is 10.5 Å². The molecule has 0 saturated heterocycles. The minimum absolute atomic E-state index is 0.306. The molecule has 18 heavy (non-hydrogen) atoms. The Morgan fingerprint density at radius 3 is 2.50 bits per heavy atom. The summed E-state index contributed by atoms with van der Waals surface area (Å²) in [6.07, 6.45) is -5.78. The van der Waals surface area contributed by atoms with Gasteiger partial charge in [0.25, 0.3) is 0 Å². The highest BCUT2D eigenvalue weighted by Gasteiger charge is 2.44. The molecule has 1 aromatic carbocycles. The number of halogens is 3. The molecule has 0 saturated carbocycles. The Hall–Kier alpha value is -1.08. The summed E-state index contributed by atoms with van der Waals surface area (Å²) in [5.74, 6) is -1.50. The summed E-state index contributed by atoms with van der Waals surface area (Å²) in [6.45, 7) is 1.29.